The Morgan fingerprint density at radius 1 is 1.24 bits per heavy atom. The van der Waals surface area contributed by atoms with E-state index in [2.05, 4.69) is 27.5 Å². The molecule has 2 aliphatic carbocycles. The van der Waals surface area contributed by atoms with Gasteiger partial charge in [-0.3, -0.25) is 9.79 Å². The summed E-state index contributed by atoms with van der Waals surface area (Å²) in [4.78, 5) is 19.6. The van der Waals surface area contributed by atoms with Crippen LogP contribution >= 0.6 is 0 Å². The first-order valence-electron chi connectivity index (χ1n) is 6.11. The molecule has 3 atom stereocenters. The summed E-state index contributed by atoms with van der Waals surface area (Å²) in [5.41, 5.74) is 3.65. The van der Waals surface area contributed by atoms with Crippen molar-refractivity contribution >= 4 is 17.8 Å². The van der Waals surface area contributed by atoms with Gasteiger partial charge < -0.3 is 5.32 Å². The Bertz CT molecular complexity index is 527. The second kappa shape index (κ2) is 3.23. The van der Waals surface area contributed by atoms with E-state index in [1.54, 1.807) is 0 Å². The van der Waals surface area contributed by atoms with E-state index in [1.807, 2.05) is 0 Å². The van der Waals surface area contributed by atoms with Crippen LogP contribution in [0.3, 0.4) is 0 Å². The number of rotatable bonds is 0. The Kier molecular flexibility index (Phi) is 1.80. The summed E-state index contributed by atoms with van der Waals surface area (Å²) in [6, 6.07) is -0.0224. The number of nitrogens with zero attached hydrogens (tertiary/aromatic N) is 2. The van der Waals surface area contributed by atoms with Gasteiger partial charge in [-0.2, -0.15) is 0 Å². The van der Waals surface area contributed by atoms with Crippen molar-refractivity contribution < 1.29 is 4.79 Å². The molecule has 4 rings (SSSR count). The van der Waals surface area contributed by atoms with Crippen LogP contribution in [0.5, 0.6) is 0 Å². The van der Waals surface area contributed by atoms with Crippen LogP contribution in [0.2, 0.25) is 0 Å². The molecule has 2 fully saturated rings. The molecule has 0 aromatic carbocycles. The van der Waals surface area contributed by atoms with Gasteiger partial charge in [0.1, 0.15) is 6.04 Å². The average molecular weight is 227 g/mol. The van der Waals surface area contributed by atoms with Gasteiger partial charge in [0, 0.05) is 13.1 Å². The molecule has 1 amide bonds. The molecule has 4 nitrogen and oxygen atoms in total. The normalized spacial score (nSPS) is 38.0. The standard InChI is InChI=1S/C13H13N3O/c17-13-6-15-11-2-9-7-1-8(5-14-4-7)10(9)3-12(11)16-13/h2-3,6-8,11,14H,1,4-5H2. The molecule has 2 bridgehead atoms. The lowest BCUT2D eigenvalue weighted by atomic mass is 9.90. The van der Waals surface area contributed by atoms with Crippen molar-refractivity contribution in [2.75, 3.05) is 13.1 Å². The fourth-order valence-corrected chi connectivity index (χ4v) is 3.34. The fraction of sp³-hybridized carbons (Fsp3) is 0.462. The van der Waals surface area contributed by atoms with Crippen molar-refractivity contribution in [3.8, 4) is 0 Å². The van der Waals surface area contributed by atoms with Crippen molar-refractivity contribution in [3.05, 3.63) is 23.3 Å². The highest BCUT2D eigenvalue weighted by atomic mass is 16.1. The number of carbonyl (C=O) groups excluding carboxylic acids is 1. The molecule has 0 aromatic rings. The summed E-state index contributed by atoms with van der Waals surface area (Å²) >= 11 is 0. The third-order valence-electron chi connectivity index (χ3n) is 4.09. The van der Waals surface area contributed by atoms with E-state index in [1.165, 1.54) is 23.8 Å². The van der Waals surface area contributed by atoms with Crippen LogP contribution in [0.4, 0.5) is 0 Å². The van der Waals surface area contributed by atoms with Crippen molar-refractivity contribution in [1.29, 1.82) is 0 Å². The molecular weight excluding hydrogens is 214 g/mol. The van der Waals surface area contributed by atoms with Crippen LogP contribution in [0.15, 0.2) is 33.3 Å². The van der Waals surface area contributed by atoms with Crippen LogP contribution in [0.25, 0.3) is 0 Å². The lowest BCUT2D eigenvalue weighted by Gasteiger charge is -2.20. The predicted molar refractivity (Wildman–Crippen MR) is 65.4 cm³/mol. The molecule has 2 heterocycles. The second-order valence-corrected chi connectivity index (χ2v) is 5.11. The minimum Gasteiger partial charge on any atom is -0.316 e. The van der Waals surface area contributed by atoms with Crippen LogP contribution in [0, 0.1) is 11.8 Å². The van der Waals surface area contributed by atoms with Gasteiger partial charge in [-0.05, 0) is 35.5 Å². The largest absolute Gasteiger partial charge is 0.316 e. The smallest absolute Gasteiger partial charge is 0.288 e. The van der Waals surface area contributed by atoms with Crippen molar-refractivity contribution in [1.82, 2.24) is 5.32 Å². The summed E-state index contributed by atoms with van der Waals surface area (Å²) in [7, 11) is 0. The van der Waals surface area contributed by atoms with Crippen LogP contribution in [-0.2, 0) is 4.79 Å². The highest BCUT2D eigenvalue weighted by molar-refractivity contribution is 6.32. The van der Waals surface area contributed by atoms with Crippen LogP contribution in [0.1, 0.15) is 6.42 Å². The number of hydrogen-bond acceptors (Lipinski definition) is 3. The first kappa shape index (κ1) is 9.48. The van der Waals surface area contributed by atoms with Crippen molar-refractivity contribution in [2.24, 2.45) is 21.8 Å². The maximum Gasteiger partial charge on any atom is 0.288 e. The number of carbonyl (C=O) groups is 1. The Hall–Kier alpha value is -1.55. The zero-order chi connectivity index (χ0) is 11.4. The maximum atomic E-state index is 11.2. The molecule has 3 unspecified atom stereocenters. The molecule has 1 N–H and O–H groups in total. The molecule has 2 aliphatic heterocycles. The summed E-state index contributed by atoms with van der Waals surface area (Å²) in [6.45, 7) is 2.12. The first-order valence-corrected chi connectivity index (χ1v) is 6.11. The van der Waals surface area contributed by atoms with E-state index >= 15 is 0 Å². The summed E-state index contributed by atoms with van der Waals surface area (Å²) in [6.07, 6.45) is 6.88. The Balaban J connectivity index is 1.82. The van der Waals surface area contributed by atoms with Gasteiger partial charge in [-0.1, -0.05) is 6.08 Å². The second-order valence-electron chi connectivity index (χ2n) is 5.11. The highest BCUT2D eigenvalue weighted by Gasteiger charge is 2.39. The van der Waals surface area contributed by atoms with Crippen molar-refractivity contribution in [3.63, 3.8) is 0 Å². The zero-order valence-corrected chi connectivity index (χ0v) is 9.39. The molecule has 86 valence electrons. The topological polar surface area (TPSA) is 53.8 Å². The number of aliphatic imine (C=N–C) groups is 2. The number of nitrogens with one attached hydrogen (secondary N) is 1. The van der Waals surface area contributed by atoms with Gasteiger partial charge in [0.15, 0.2) is 0 Å². The number of hydrogen-bond donors (Lipinski definition) is 1. The minimum atomic E-state index is -0.232. The van der Waals surface area contributed by atoms with Gasteiger partial charge in [0.05, 0.1) is 11.9 Å². The van der Waals surface area contributed by atoms with E-state index in [-0.39, 0.29) is 11.9 Å². The molecule has 0 aromatic heterocycles. The molecule has 1 saturated heterocycles. The summed E-state index contributed by atoms with van der Waals surface area (Å²) in [5.74, 6) is 1.00. The molecule has 4 heteroatoms. The van der Waals surface area contributed by atoms with Crippen LogP contribution < -0.4 is 5.32 Å². The molecular formula is C13H13N3O. The molecule has 0 spiro atoms. The van der Waals surface area contributed by atoms with E-state index in [0.29, 0.717) is 11.8 Å². The number of fused-ring (bicyclic) bond motifs is 6. The third kappa shape index (κ3) is 1.30. The maximum absolute atomic E-state index is 11.2. The zero-order valence-electron chi connectivity index (χ0n) is 9.39. The quantitative estimate of drug-likeness (QED) is 0.655. The van der Waals surface area contributed by atoms with Gasteiger partial charge in [-0.25, -0.2) is 4.99 Å². The Morgan fingerprint density at radius 3 is 2.94 bits per heavy atom. The lowest BCUT2D eigenvalue weighted by Crippen LogP contribution is -2.30. The number of piperidine rings is 1. The SMILES string of the molecule is O=C1C=NC2C=C3C(=CC2=N1)C1CNCC3C1. The fourth-order valence-electron chi connectivity index (χ4n) is 3.34. The summed E-state index contributed by atoms with van der Waals surface area (Å²) in [5, 5.41) is 3.47. The molecule has 17 heavy (non-hydrogen) atoms. The van der Waals surface area contributed by atoms with E-state index in [0.717, 1.165) is 18.8 Å². The van der Waals surface area contributed by atoms with Gasteiger partial charge in [0.25, 0.3) is 5.91 Å². The molecule has 4 aliphatic rings. The molecule has 1 saturated carbocycles. The first-order chi connectivity index (χ1) is 8.31. The minimum absolute atomic E-state index is 0.0224. The van der Waals surface area contributed by atoms with E-state index < -0.39 is 0 Å². The monoisotopic (exact) mass is 227 g/mol. The average Bonchev–Trinajstić information content (AvgIpc) is 2.59. The van der Waals surface area contributed by atoms with Crippen LogP contribution in [-0.4, -0.2) is 37.0 Å². The van der Waals surface area contributed by atoms with E-state index in [4.69, 9.17) is 0 Å². The Labute approximate surface area is 99.2 Å². The Morgan fingerprint density at radius 2 is 2.06 bits per heavy atom. The number of amides is 1. The highest BCUT2D eigenvalue weighted by Crippen LogP contribution is 2.44. The van der Waals surface area contributed by atoms with E-state index in [9.17, 15) is 4.79 Å². The molecule has 0 radical (unpaired) electrons. The van der Waals surface area contributed by atoms with Gasteiger partial charge >= 0.3 is 0 Å². The summed E-state index contributed by atoms with van der Waals surface area (Å²) < 4.78 is 0. The lowest BCUT2D eigenvalue weighted by molar-refractivity contribution is -0.111. The van der Waals surface area contributed by atoms with Gasteiger partial charge in [-0.15, -0.1) is 0 Å². The van der Waals surface area contributed by atoms with Crippen molar-refractivity contribution in [2.45, 2.75) is 12.5 Å². The predicted octanol–water partition coefficient (Wildman–Crippen LogP) is 0.513. The van der Waals surface area contributed by atoms with Gasteiger partial charge in [0.2, 0.25) is 0 Å². The third-order valence-corrected chi connectivity index (χ3v) is 4.09.